The molecule has 0 radical (unpaired) electrons. The number of aliphatic hydroxyl groups excluding tert-OH is 1. The molecule has 0 saturated carbocycles. The van der Waals surface area contributed by atoms with Crippen LogP contribution < -0.4 is 4.74 Å². The van der Waals surface area contributed by atoms with E-state index in [2.05, 4.69) is 17.0 Å². The first-order valence-electron chi connectivity index (χ1n) is 8.91. The van der Waals surface area contributed by atoms with Crippen LogP contribution in [0.2, 0.25) is 0 Å². The van der Waals surface area contributed by atoms with Crippen LogP contribution in [-0.2, 0) is 6.42 Å². The Kier molecular flexibility index (Phi) is 4.44. The molecule has 1 aliphatic carbocycles. The van der Waals surface area contributed by atoms with Crippen LogP contribution in [-0.4, -0.2) is 35.2 Å². The lowest BCUT2D eigenvalue weighted by molar-refractivity contribution is 0.0215. The molecular weight excluding hydrogens is 312 g/mol. The highest BCUT2D eigenvalue weighted by atomic mass is 16.5. The van der Waals surface area contributed by atoms with Gasteiger partial charge >= 0.3 is 0 Å². The molecule has 0 amide bonds. The van der Waals surface area contributed by atoms with Crippen LogP contribution in [0.15, 0.2) is 48.5 Å². The third-order valence-corrected chi connectivity index (χ3v) is 5.40. The number of ether oxygens (including phenoxy) is 1. The Morgan fingerprint density at radius 1 is 1.04 bits per heavy atom. The molecule has 4 rings (SSSR count). The van der Waals surface area contributed by atoms with Crippen molar-refractivity contribution in [2.24, 2.45) is 0 Å². The Morgan fingerprint density at radius 3 is 2.44 bits per heavy atom. The minimum atomic E-state index is -0.382. The lowest BCUT2D eigenvalue weighted by Gasteiger charge is -2.37. The number of piperidine rings is 1. The number of fused-ring (bicyclic) bond motifs is 1. The van der Waals surface area contributed by atoms with Gasteiger partial charge in [-0.1, -0.05) is 24.3 Å². The van der Waals surface area contributed by atoms with Gasteiger partial charge in [-0.25, -0.2) is 0 Å². The maximum atomic E-state index is 10.6. The molecule has 0 unspecified atom stereocenters. The molecule has 0 aromatic heterocycles. The van der Waals surface area contributed by atoms with Gasteiger partial charge in [-0.2, -0.15) is 5.26 Å². The minimum absolute atomic E-state index is 0.188. The van der Waals surface area contributed by atoms with Crippen molar-refractivity contribution in [3.8, 4) is 11.8 Å². The van der Waals surface area contributed by atoms with Crippen molar-refractivity contribution < 1.29 is 9.84 Å². The number of nitrogens with zero attached hydrogens (tertiary/aromatic N) is 2. The number of hydrogen-bond acceptors (Lipinski definition) is 4. The molecule has 2 aromatic carbocycles. The fraction of sp³-hybridized carbons (Fsp3) is 0.381. The number of benzene rings is 2. The Hall–Kier alpha value is -2.35. The fourth-order valence-corrected chi connectivity index (χ4v) is 4.01. The quantitative estimate of drug-likeness (QED) is 0.937. The Bertz CT molecular complexity index is 773. The highest BCUT2D eigenvalue weighted by molar-refractivity contribution is 5.36. The first kappa shape index (κ1) is 16.1. The lowest BCUT2D eigenvalue weighted by Crippen LogP contribution is -2.45. The number of aliphatic hydroxyl groups is 1. The Balaban J connectivity index is 1.34. The third kappa shape index (κ3) is 3.26. The van der Waals surface area contributed by atoms with Gasteiger partial charge in [0.05, 0.1) is 17.7 Å². The molecule has 1 aliphatic heterocycles. The van der Waals surface area contributed by atoms with Crippen LogP contribution in [0.5, 0.6) is 5.75 Å². The second kappa shape index (κ2) is 6.87. The van der Waals surface area contributed by atoms with E-state index in [1.165, 1.54) is 5.56 Å². The first-order valence-corrected chi connectivity index (χ1v) is 8.91. The summed E-state index contributed by atoms with van der Waals surface area (Å²) in [4.78, 5) is 2.41. The molecule has 1 heterocycles. The lowest BCUT2D eigenvalue weighted by atomic mass is 10.0. The molecule has 1 fully saturated rings. The second-order valence-corrected chi connectivity index (χ2v) is 6.90. The number of likely N-dealkylation sites (tertiary alicyclic amines) is 1. The molecule has 0 spiro atoms. The largest absolute Gasteiger partial charge is 0.490 e. The van der Waals surface area contributed by atoms with Crippen molar-refractivity contribution in [2.75, 3.05) is 13.1 Å². The standard InChI is InChI=1S/C21H22N2O2/c22-14-15-5-7-17(8-6-15)25-18-9-11-23(12-10-18)20-13-16-3-1-2-4-19(16)21(20)24/h1-8,18,20-21,24H,9-13H2/t20-,21-/m1/s1. The van der Waals surface area contributed by atoms with E-state index in [4.69, 9.17) is 10.00 Å². The Morgan fingerprint density at radius 2 is 1.76 bits per heavy atom. The summed E-state index contributed by atoms with van der Waals surface area (Å²) in [6.07, 6.45) is 2.66. The van der Waals surface area contributed by atoms with Gasteiger partial charge in [0.1, 0.15) is 11.9 Å². The van der Waals surface area contributed by atoms with E-state index in [1.807, 2.05) is 30.3 Å². The average Bonchev–Trinajstić information content (AvgIpc) is 3.00. The molecule has 4 nitrogen and oxygen atoms in total. The zero-order chi connectivity index (χ0) is 17.2. The summed E-state index contributed by atoms with van der Waals surface area (Å²) >= 11 is 0. The molecule has 2 aromatic rings. The normalized spacial score (nSPS) is 23.8. The summed E-state index contributed by atoms with van der Waals surface area (Å²) in [7, 11) is 0. The predicted molar refractivity (Wildman–Crippen MR) is 95.3 cm³/mol. The van der Waals surface area contributed by atoms with Crippen molar-refractivity contribution in [3.05, 3.63) is 65.2 Å². The van der Waals surface area contributed by atoms with Crippen molar-refractivity contribution in [2.45, 2.75) is 37.5 Å². The van der Waals surface area contributed by atoms with Gasteiger partial charge in [-0.15, -0.1) is 0 Å². The summed E-state index contributed by atoms with van der Waals surface area (Å²) < 4.78 is 6.06. The summed E-state index contributed by atoms with van der Waals surface area (Å²) in [5.74, 6) is 0.825. The van der Waals surface area contributed by atoms with Crippen molar-refractivity contribution in [1.29, 1.82) is 5.26 Å². The van der Waals surface area contributed by atoms with E-state index in [1.54, 1.807) is 12.1 Å². The van der Waals surface area contributed by atoms with E-state index < -0.39 is 0 Å². The van der Waals surface area contributed by atoms with E-state index >= 15 is 0 Å². The molecule has 2 aliphatic rings. The van der Waals surface area contributed by atoms with Gasteiger partial charge in [0.2, 0.25) is 0 Å². The average molecular weight is 334 g/mol. The van der Waals surface area contributed by atoms with Crippen molar-refractivity contribution in [1.82, 2.24) is 4.90 Å². The van der Waals surface area contributed by atoms with Crippen molar-refractivity contribution >= 4 is 0 Å². The van der Waals surface area contributed by atoms with Gasteiger partial charge in [0.15, 0.2) is 0 Å². The minimum Gasteiger partial charge on any atom is -0.490 e. The zero-order valence-corrected chi connectivity index (χ0v) is 14.1. The Labute approximate surface area is 148 Å². The molecule has 25 heavy (non-hydrogen) atoms. The zero-order valence-electron chi connectivity index (χ0n) is 14.1. The molecule has 1 saturated heterocycles. The first-order chi connectivity index (χ1) is 12.2. The predicted octanol–water partition coefficient (Wildman–Crippen LogP) is 3.06. The molecule has 1 N–H and O–H groups in total. The van der Waals surface area contributed by atoms with Gasteiger partial charge in [0.25, 0.3) is 0 Å². The summed E-state index contributed by atoms with van der Waals surface area (Å²) in [6.45, 7) is 1.88. The van der Waals surface area contributed by atoms with Crippen LogP contribution in [0.1, 0.15) is 35.6 Å². The SMILES string of the molecule is N#Cc1ccc(OC2CCN([C@@H]3Cc4ccccc4[C@H]3O)CC2)cc1. The van der Waals surface area contributed by atoms with Crippen LogP contribution in [0.3, 0.4) is 0 Å². The molecule has 0 bridgehead atoms. The van der Waals surface area contributed by atoms with Crippen LogP contribution in [0.25, 0.3) is 0 Å². The topological polar surface area (TPSA) is 56.5 Å². The summed E-state index contributed by atoms with van der Waals surface area (Å²) in [5.41, 5.74) is 3.01. The number of hydrogen-bond donors (Lipinski definition) is 1. The van der Waals surface area contributed by atoms with Gasteiger partial charge in [-0.05, 0) is 54.7 Å². The van der Waals surface area contributed by atoms with Crippen molar-refractivity contribution in [3.63, 3.8) is 0 Å². The maximum Gasteiger partial charge on any atom is 0.119 e. The van der Waals surface area contributed by atoms with Crippen LogP contribution in [0.4, 0.5) is 0 Å². The van der Waals surface area contributed by atoms with Gasteiger partial charge < -0.3 is 9.84 Å². The van der Waals surface area contributed by atoms with E-state index in [-0.39, 0.29) is 18.2 Å². The highest BCUT2D eigenvalue weighted by Crippen LogP contribution is 2.35. The number of rotatable bonds is 3. The van der Waals surface area contributed by atoms with E-state index in [0.717, 1.165) is 43.7 Å². The van der Waals surface area contributed by atoms with Crippen LogP contribution >= 0.6 is 0 Å². The monoisotopic (exact) mass is 334 g/mol. The van der Waals surface area contributed by atoms with Gasteiger partial charge in [0, 0.05) is 19.1 Å². The molecule has 2 atom stereocenters. The molecular formula is C21H22N2O2. The molecule has 4 heteroatoms. The summed E-state index contributed by atoms with van der Waals surface area (Å²) in [6, 6.07) is 17.8. The van der Waals surface area contributed by atoms with E-state index in [0.29, 0.717) is 5.56 Å². The summed E-state index contributed by atoms with van der Waals surface area (Å²) in [5, 5.41) is 19.5. The second-order valence-electron chi connectivity index (χ2n) is 6.90. The van der Waals surface area contributed by atoms with Crippen LogP contribution in [0, 0.1) is 11.3 Å². The number of nitriles is 1. The highest BCUT2D eigenvalue weighted by Gasteiger charge is 2.36. The van der Waals surface area contributed by atoms with Gasteiger partial charge in [-0.3, -0.25) is 4.90 Å². The molecule has 128 valence electrons. The maximum absolute atomic E-state index is 10.6. The van der Waals surface area contributed by atoms with E-state index in [9.17, 15) is 5.11 Å². The fourth-order valence-electron chi connectivity index (χ4n) is 4.01. The third-order valence-electron chi connectivity index (χ3n) is 5.40. The smallest absolute Gasteiger partial charge is 0.119 e.